The molecule has 12 nitrogen and oxygen atoms in total. The molecule has 4 rings (SSSR count). The number of nitrogens with zero attached hydrogens (tertiary/aromatic N) is 10. The molecule has 0 fully saturated rings. The minimum Gasteiger partial charge on any atom is -0.267 e. The quantitative estimate of drug-likeness (QED) is 0.429. The predicted molar refractivity (Wildman–Crippen MR) is 98.5 cm³/mol. The van der Waals surface area contributed by atoms with Crippen LogP contribution >= 0.6 is 0 Å². The highest BCUT2D eigenvalue weighted by Gasteiger charge is 2.16. The third-order valence-electron chi connectivity index (χ3n) is 4.30. The molecule has 1 atom stereocenters. The van der Waals surface area contributed by atoms with Gasteiger partial charge in [-0.3, -0.25) is 9.59 Å². The second-order valence-corrected chi connectivity index (χ2v) is 7.04. The Bertz CT molecular complexity index is 1260. The third kappa shape index (κ3) is 3.12. The molecule has 28 heavy (non-hydrogen) atoms. The predicted octanol–water partition coefficient (Wildman–Crippen LogP) is -0.200. The molecular weight excluding hydrogens is 364 g/mol. The van der Waals surface area contributed by atoms with Crippen LogP contribution in [-0.2, 0) is 13.1 Å². The van der Waals surface area contributed by atoms with Crippen LogP contribution in [0.5, 0.6) is 0 Å². The zero-order valence-corrected chi connectivity index (χ0v) is 15.6. The first-order valence-electron chi connectivity index (χ1n) is 8.81. The summed E-state index contributed by atoms with van der Waals surface area (Å²) in [7, 11) is 0. The highest BCUT2D eigenvalue weighted by Crippen LogP contribution is 2.14. The molecule has 0 saturated heterocycles. The van der Waals surface area contributed by atoms with Gasteiger partial charge in [0.1, 0.15) is 11.0 Å². The minimum atomic E-state index is -0.348. The van der Waals surface area contributed by atoms with Crippen LogP contribution in [0.25, 0.3) is 21.8 Å². The van der Waals surface area contributed by atoms with Crippen molar-refractivity contribution in [2.24, 2.45) is 5.92 Å². The molecule has 1 aromatic carbocycles. The minimum absolute atomic E-state index is 0.248. The van der Waals surface area contributed by atoms with E-state index in [0.29, 0.717) is 34.9 Å². The van der Waals surface area contributed by atoms with E-state index in [0.717, 1.165) is 0 Å². The summed E-state index contributed by atoms with van der Waals surface area (Å²) < 4.78 is 2.58. The lowest BCUT2D eigenvalue weighted by atomic mass is 10.1. The Morgan fingerprint density at radius 2 is 1.57 bits per heavy atom. The number of hydrogen-bond acceptors (Lipinski definition) is 9. The Kier molecular flexibility index (Phi) is 4.37. The van der Waals surface area contributed by atoms with Crippen molar-refractivity contribution in [3.05, 3.63) is 39.2 Å². The van der Waals surface area contributed by atoms with Gasteiger partial charge in [0, 0.05) is 6.54 Å². The Labute approximate surface area is 157 Å². The summed E-state index contributed by atoms with van der Waals surface area (Å²) in [6.07, 6.45) is 1.32. The fourth-order valence-corrected chi connectivity index (χ4v) is 2.97. The van der Waals surface area contributed by atoms with Gasteiger partial charge in [-0.15, -0.1) is 20.4 Å². The number of hydrogen-bond donors (Lipinski definition) is 0. The Morgan fingerprint density at radius 1 is 0.893 bits per heavy atom. The molecule has 0 N–H and O–H groups in total. The molecule has 0 spiro atoms. The maximum absolute atomic E-state index is 12.9. The number of rotatable bonds is 5. The topological polar surface area (TPSA) is 139 Å². The van der Waals surface area contributed by atoms with Gasteiger partial charge in [0.15, 0.2) is 6.33 Å². The average molecular weight is 382 g/mol. The molecule has 0 radical (unpaired) electrons. The molecule has 4 aromatic rings. The van der Waals surface area contributed by atoms with Gasteiger partial charge in [-0.25, -0.2) is 9.36 Å². The lowest BCUT2D eigenvalue weighted by molar-refractivity contribution is 0.354. The molecule has 144 valence electrons. The third-order valence-corrected chi connectivity index (χ3v) is 4.30. The monoisotopic (exact) mass is 382 g/mol. The first-order chi connectivity index (χ1) is 13.4. The second-order valence-electron chi connectivity index (χ2n) is 7.04. The number of benzene rings is 1. The highest BCUT2D eigenvalue weighted by molar-refractivity contribution is 5.93. The van der Waals surface area contributed by atoms with Crippen LogP contribution in [0.4, 0.5) is 0 Å². The molecular formula is C16H18N10O2. The number of aromatic nitrogens is 10. The number of tetrazole rings is 1. The summed E-state index contributed by atoms with van der Waals surface area (Å²) in [6.45, 7) is 6.55. The van der Waals surface area contributed by atoms with Crippen LogP contribution in [0.15, 0.2) is 28.0 Å². The normalized spacial score (nSPS) is 12.9. The summed E-state index contributed by atoms with van der Waals surface area (Å²) in [6, 6.07) is 2.73. The van der Waals surface area contributed by atoms with E-state index in [-0.39, 0.29) is 23.1 Å². The van der Waals surface area contributed by atoms with Crippen LogP contribution in [-0.4, -0.2) is 50.2 Å². The van der Waals surface area contributed by atoms with E-state index < -0.39 is 0 Å². The summed E-state index contributed by atoms with van der Waals surface area (Å²) in [5.41, 5.74) is 0.0747. The van der Waals surface area contributed by atoms with E-state index in [1.165, 1.54) is 26.6 Å². The first kappa shape index (κ1) is 17.8. The van der Waals surface area contributed by atoms with Crippen molar-refractivity contribution in [1.82, 2.24) is 50.2 Å². The van der Waals surface area contributed by atoms with Crippen molar-refractivity contribution in [3.63, 3.8) is 0 Å². The van der Waals surface area contributed by atoms with E-state index in [4.69, 9.17) is 0 Å². The second kappa shape index (κ2) is 6.87. The fraction of sp³-hybridized carbons (Fsp3) is 0.438. The largest absolute Gasteiger partial charge is 0.277 e. The standard InChI is InChI=1S/C16H18N10O2/c1-9(2)6-24-15(27)11-4-14-12(5-13(11)19-22-24)16(28)26(23-20-14)10(3)7-25-18-8-17-21-25/h4-5,8-10H,6-7H2,1-3H3. The first-order valence-corrected chi connectivity index (χ1v) is 8.81. The van der Waals surface area contributed by atoms with Crippen LogP contribution in [0.1, 0.15) is 26.8 Å². The van der Waals surface area contributed by atoms with Gasteiger partial charge in [-0.2, -0.15) is 4.80 Å². The molecule has 0 aliphatic rings. The van der Waals surface area contributed by atoms with Gasteiger partial charge in [0.05, 0.1) is 23.4 Å². The summed E-state index contributed by atoms with van der Waals surface area (Å²) in [5.74, 6) is 0.248. The van der Waals surface area contributed by atoms with Crippen LogP contribution < -0.4 is 11.1 Å². The van der Waals surface area contributed by atoms with Gasteiger partial charge in [0.25, 0.3) is 11.1 Å². The van der Waals surface area contributed by atoms with Crippen LogP contribution in [0.3, 0.4) is 0 Å². The van der Waals surface area contributed by atoms with Crippen molar-refractivity contribution < 1.29 is 0 Å². The Morgan fingerprint density at radius 3 is 2.21 bits per heavy atom. The van der Waals surface area contributed by atoms with E-state index in [2.05, 4.69) is 36.0 Å². The lowest BCUT2D eigenvalue weighted by Crippen LogP contribution is -2.30. The maximum Gasteiger partial charge on any atom is 0.277 e. The molecule has 3 heterocycles. The average Bonchev–Trinajstić information content (AvgIpc) is 3.16. The molecule has 12 heteroatoms. The van der Waals surface area contributed by atoms with Gasteiger partial charge >= 0.3 is 0 Å². The molecule has 0 aliphatic heterocycles. The molecule has 3 aromatic heterocycles. The molecule has 0 saturated carbocycles. The number of fused-ring (bicyclic) bond motifs is 2. The smallest absolute Gasteiger partial charge is 0.267 e. The zero-order chi connectivity index (χ0) is 19.8. The lowest BCUT2D eigenvalue weighted by Gasteiger charge is -2.12. The molecule has 1 unspecified atom stereocenters. The van der Waals surface area contributed by atoms with Crippen molar-refractivity contribution in [3.8, 4) is 0 Å². The SMILES string of the molecule is CC(C)Cn1nnc2cc3c(=O)n(C(C)Cn4ncnn4)nnc3cc2c1=O. The summed E-state index contributed by atoms with van der Waals surface area (Å²) >= 11 is 0. The Balaban J connectivity index is 1.81. The van der Waals surface area contributed by atoms with Gasteiger partial charge < -0.3 is 0 Å². The van der Waals surface area contributed by atoms with Crippen LogP contribution in [0, 0.1) is 5.92 Å². The zero-order valence-electron chi connectivity index (χ0n) is 15.6. The van der Waals surface area contributed by atoms with Gasteiger partial charge in [0.2, 0.25) is 0 Å². The molecule has 0 aliphatic carbocycles. The Hall–Kier alpha value is -3.57. The van der Waals surface area contributed by atoms with Crippen molar-refractivity contribution in [2.45, 2.75) is 39.9 Å². The van der Waals surface area contributed by atoms with Crippen molar-refractivity contribution >= 4 is 21.8 Å². The van der Waals surface area contributed by atoms with Gasteiger partial charge in [-0.05, 0) is 30.2 Å². The van der Waals surface area contributed by atoms with E-state index in [9.17, 15) is 9.59 Å². The summed E-state index contributed by atoms with van der Waals surface area (Å²) in [4.78, 5) is 26.9. The van der Waals surface area contributed by atoms with Gasteiger partial charge in [-0.1, -0.05) is 24.3 Å². The molecule has 0 amide bonds. The maximum atomic E-state index is 12.9. The van der Waals surface area contributed by atoms with E-state index in [1.807, 2.05) is 13.8 Å². The van der Waals surface area contributed by atoms with E-state index >= 15 is 0 Å². The van der Waals surface area contributed by atoms with Crippen molar-refractivity contribution in [2.75, 3.05) is 0 Å². The van der Waals surface area contributed by atoms with E-state index in [1.54, 1.807) is 13.0 Å². The molecule has 0 bridgehead atoms. The highest BCUT2D eigenvalue weighted by atomic mass is 16.1. The summed E-state index contributed by atoms with van der Waals surface area (Å²) in [5, 5.41) is 28.2. The fourth-order valence-electron chi connectivity index (χ4n) is 2.97. The van der Waals surface area contributed by atoms with Crippen LogP contribution in [0.2, 0.25) is 0 Å². The van der Waals surface area contributed by atoms with Crippen molar-refractivity contribution in [1.29, 1.82) is 0 Å².